The number of halogens is 1. The molecule has 0 fully saturated rings. The van der Waals surface area contributed by atoms with E-state index in [9.17, 15) is 0 Å². The van der Waals surface area contributed by atoms with Crippen molar-refractivity contribution < 1.29 is 0 Å². The van der Waals surface area contributed by atoms with E-state index in [0.29, 0.717) is 4.61 Å². The minimum Gasteiger partial charge on any atom is -0.384 e. The van der Waals surface area contributed by atoms with E-state index in [2.05, 4.69) is 21.2 Å². The first-order chi connectivity index (χ1) is 3.66. The summed E-state index contributed by atoms with van der Waals surface area (Å²) in [5.41, 5.74) is 5.01. The van der Waals surface area contributed by atoms with E-state index in [4.69, 9.17) is 11.1 Å². The van der Waals surface area contributed by atoms with E-state index in [1.54, 1.807) is 7.05 Å². The van der Waals surface area contributed by atoms with Crippen molar-refractivity contribution in [2.24, 2.45) is 5.73 Å². The smallest absolute Gasteiger partial charge is 0.117 e. The highest BCUT2D eigenvalue weighted by Gasteiger charge is 1.83. The van der Waals surface area contributed by atoms with Crippen LogP contribution in [0.5, 0.6) is 0 Å². The zero-order chi connectivity index (χ0) is 6.57. The molecule has 0 saturated heterocycles. The lowest BCUT2D eigenvalue weighted by molar-refractivity contribution is 1.09. The number of hydrogen-bond acceptors (Lipinski definition) is 2. The van der Waals surface area contributed by atoms with Crippen molar-refractivity contribution in [1.82, 2.24) is 5.32 Å². The van der Waals surface area contributed by atoms with Crippen molar-refractivity contribution >= 4 is 21.8 Å². The largest absolute Gasteiger partial charge is 0.384 e. The van der Waals surface area contributed by atoms with Gasteiger partial charge < -0.3 is 11.1 Å². The lowest BCUT2D eigenvalue weighted by Gasteiger charge is -1.92. The molecule has 0 aromatic rings. The predicted molar refractivity (Wildman–Crippen MR) is 38.0 cm³/mol. The van der Waals surface area contributed by atoms with E-state index < -0.39 is 0 Å². The van der Waals surface area contributed by atoms with Crippen molar-refractivity contribution in [3.8, 4) is 0 Å². The molecule has 46 valence electrons. The maximum absolute atomic E-state index is 6.76. The Labute approximate surface area is 56.6 Å². The van der Waals surface area contributed by atoms with Gasteiger partial charge in [-0.05, 0) is 15.9 Å². The van der Waals surface area contributed by atoms with Gasteiger partial charge in [0.05, 0.1) is 4.61 Å². The van der Waals surface area contributed by atoms with Gasteiger partial charge in [-0.15, -0.1) is 0 Å². The molecular formula is C4H8BrN3. The quantitative estimate of drug-likeness (QED) is 0.325. The van der Waals surface area contributed by atoms with Gasteiger partial charge >= 0.3 is 0 Å². The molecule has 8 heavy (non-hydrogen) atoms. The second-order valence-corrected chi connectivity index (χ2v) is 2.05. The lowest BCUT2D eigenvalue weighted by Crippen LogP contribution is -2.09. The van der Waals surface area contributed by atoms with E-state index in [1.807, 2.05) is 0 Å². The van der Waals surface area contributed by atoms with Crippen molar-refractivity contribution in [3.63, 3.8) is 0 Å². The Morgan fingerprint density at radius 2 is 2.38 bits per heavy atom. The first kappa shape index (κ1) is 7.49. The maximum atomic E-state index is 6.76. The average molecular weight is 178 g/mol. The molecule has 0 amide bonds. The molecule has 0 aliphatic heterocycles. The van der Waals surface area contributed by atoms with Gasteiger partial charge in [0.15, 0.2) is 0 Å². The maximum Gasteiger partial charge on any atom is 0.117 e. The summed E-state index contributed by atoms with van der Waals surface area (Å²) in [7, 11) is 1.74. The van der Waals surface area contributed by atoms with Gasteiger partial charge in [0.25, 0.3) is 0 Å². The Morgan fingerprint density at radius 1 is 1.88 bits per heavy atom. The number of amidine groups is 1. The summed E-state index contributed by atoms with van der Waals surface area (Å²) >= 11 is 3.11. The molecule has 0 atom stereocenters. The molecule has 0 radical (unpaired) electrons. The first-order valence-electron chi connectivity index (χ1n) is 2.06. The summed E-state index contributed by atoms with van der Waals surface area (Å²) in [5, 5.41) is 9.51. The van der Waals surface area contributed by atoms with Crippen molar-refractivity contribution in [2.45, 2.75) is 0 Å². The van der Waals surface area contributed by atoms with Crippen molar-refractivity contribution in [2.75, 3.05) is 7.05 Å². The number of nitrogens with two attached hydrogens (primary N) is 1. The highest BCUT2D eigenvalue weighted by molar-refractivity contribution is 9.11. The lowest BCUT2D eigenvalue weighted by atomic mass is 10.6. The summed E-state index contributed by atoms with van der Waals surface area (Å²) in [5.74, 6) is 0.0335. The average Bonchev–Trinajstić information content (AvgIpc) is 1.65. The van der Waals surface area contributed by atoms with Gasteiger partial charge in [-0.25, -0.2) is 0 Å². The fourth-order valence-corrected chi connectivity index (χ4v) is 0.455. The third kappa shape index (κ3) is 3.67. The monoisotopic (exact) mass is 177 g/mol. The molecule has 0 aromatic carbocycles. The van der Waals surface area contributed by atoms with E-state index in [1.165, 1.54) is 6.08 Å². The zero-order valence-electron chi connectivity index (χ0n) is 4.53. The van der Waals surface area contributed by atoms with Crippen LogP contribution in [-0.2, 0) is 0 Å². The van der Waals surface area contributed by atoms with Crippen LogP contribution in [0.2, 0.25) is 0 Å². The van der Waals surface area contributed by atoms with Crippen LogP contribution in [0, 0.1) is 5.41 Å². The molecule has 0 aliphatic carbocycles. The van der Waals surface area contributed by atoms with Gasteiger partial charge in [0.1, 0.15) is 5.84 Å². The normalized spacial score (nSPS) is 11.0. The Hall–Kier alpha value is -0.510. The van der Waals surface area contributed by atoms with Gasteiger partial charge in [-0.2, -0.15) is 0 Å². The molecule has 0 saturated carbocycles. The van der Waals surface area contributed by atoms with E-state index in [-0.39, 0.29) is 5.84 Å². The SMILES string of the molecule is CN/C(Br)=C\C(=N)N. The van der Waals surface area contributed by atoms with Gasteiger partial charge in [-0.3, -0.25) is 5.41 Å². The number of nitrogens with one attached hydrogen (secondary N) is 2. The summed E-state index contributed by atoms with van der Waals surface area (Å²) in [6.45, 7) is 0. The number of hydrogen-bond donors (Lipinski definition) is 3. The standard InChI is InChI=1S/C4H8BrN3/c1-8-3(5)2-4(6)7/h2,8H,1H3,(H3,6,7)/b3-2-. The molecule has 0 aliphatic rings. The Balaban J connectivity index is 3.75. The second-order valence-electron chi connectivity index (χ2n) is 1.20. The Bertz CT molecular complexity index is 118. The molecule has 4 heteroatoms. The Morgan fingerprint density at radius 3 is 2.50 bits per heavy atom. The van der Waals surface area contributed by atoms with Crippen LogP contribution in [0.3, 0.4) is 0 Å². The zero-order valence-corrected chi connectivity index (χ0v) is 6.12. The second kappa shape index (κ2) is 3.49. The third-order valence-electron chi connectivity index (χ3n) is 0.521. The van der Waals surface area contributed by atoms with Crippen LogP contribution in [-0.4, -0.2) is 12.9 Å². The molecule has 0 unspecified atom stereocenters. The molecule has 0 spiro atoms. The fourth-order valence-electron chi connectivity index (χ4n) is 0.209. The van der Waals surface area contributed by atoms with Crippen LogP contribution >= 0.6 is 15.9 Å². The van der Waals surface area contributed by atoms with Gasteiger partial charge in [-0.1, -0.05) is 0 Å². The van der Waals surface area contributed by atoms with Crippen molar-refractivity contribution in [1.29, 1.82) is 5.41 Å². The van der Waals surface area contributed by atoms with Crippen LogP contribution in [0.25, 0.3) is 0 Å². The fraction of sp³-hybridized carbons (Fsp3) is 0.250. The summed E-state index contributed by atoms with van der Waals surface area (Å²) < 4.78 is 0.713. The third-order valence-corrected chi connectivity index (χ3v) is 1.15. The predicted octanol–water partition coefficient (Wildman–Crippen LogP) is 0.378. The molecule has 0 rings (SSSR count). The summed E-state index contributed by atoms with van der Waals surface area (Å²) in [6, 6.07) is 0. The number of rotatable bonds is 2. The minimum absolute atomic E-state index is 0.0335. The molecule has 0 aromatic heterocycles. The molecular weight excluding hydrogens is 170 g/mol. The van der Waals surface area contributed by atoms with Gasteiger partial charge in [0.2, 0.25) is 0 Å². The molecule has 3 nitrogen and oxygen atoms in total. The van der Waals surface area contributed by atoms with E-state index >= 15 is 0 Å². The highest BCUT2D eigenvalue weighted by atomic mass is 79.9. The van der Waals surface area contributed by atoms with Crippen LogP contribution in [0.1, 0.15) is 0 Å². The van der Waals surface area contributed by atoms with Crippen LogP contribution in [0.4, 0.5) is 0 Å². The summed E-state index contributed by atoms with van der Waals surface area (Å²) in [6.07, 6.45) is 1.47. The van der Waals surface area contributed by atoms with Crippen LogP contribution < -0.4 is 11.1 Å². The topological polar surface area (TPSA) is 61.9 Å². The van der Waals surface area contributed by atoms with Crippen LogP contribution in [0.15, 0.2) is 10.7 Å². The first-order valence-corrected chi connectivity index (χ1v) is 2.85. The minimum atomic E-state index is 0.0335. The van der Waals surface area contributed by atoms with E-state index in [0.717, 1.165) is 0 Å². The van der Waals surface area contributed by atoms with Gasteiger partial charge in [0, 0.05) is 13.1 Å². The summed E-state index contributed by atoms with van der Waals surface area (Å²) in [4.78, 5) is 0. The molecule has 4 N–H and O–H groups in total. The molecule has 0 bridgehead atoms. The molecule has 0 heterocycles. The highest BCUT2D eigenvalue weighted by Crippen LogP contribution is 1.95. The van der Waals surface area contributed by atoms with Crippen molar-refractivity contribution in [3.05, 3.63) is 10.7 Å². The Kier molecular flexibility index (Phi) is 3.26.